The first kappa shape index (κ1) is 14.0. The van der Waals surface area contributed by atoms with E-state index in [9.17, 15) is 0 Å². The van der Waals surface area contributed by atoms with Gasteiger partial charge in [0.1, 0.15) is 0 Å². The fourth-order valence-corrected chi connectivity index (χ4v) is 2.72. The van der Waals surface area contributed by atoms with Crippen LogP contribution in [0.1, 0.15) is 59.3 Å². The standard InChI is InChI=1S/C14H29NO/c1-4-6-7-8-9-13(5-2)14-12(3)15-10-11-16-14/h12-15H,4-11H2,1-3H3/t12?,13?,14-/m0/s1. The molecule has 0 aromatic heterocycles. The van der Waals surface area contributed by atoms with Gasteiger partial charge >= 0.3 is 0 Å². The SMILES string of the molecule is CCCCCCC(CC)[C@H]1OCCNC1C. The van der Waals surface area contributed by atoms with Crippen LogP contribution in [0.2, 0.25) is 0 Å². The van der Waals surface area contributed by atoms with Crippen molar-refractivity contribution in [1.82, 2.24) is 5.32 Å². The summed E-state index contributed by atoms with van der Waals surface area (Å²) in [6.45, 7) is 8.74. The van der Waals surface area contributed by atoms with E-state index < -0.39 is 0 Å². The largest absolute Gasteiger partial charge is 0.375 e. The first-order chi connectivity index (χ1) is 7.79. The van der Waals surface area contributed by atoms with Crippen molar-refractivity contribution in [3.05, 3.63) is 0 Å². The molecule has 2 unspecified atom stereocenters. The molecule has 0 aromatic rings. The third kappa shape index (κ3) is 4.42. The molecule has 3 atom stereocenters. The molecule has 0 amide bonds. The van der Waals surface area contributed by atoms with E-state index in [2.05, 4.69) is 26.1 Å². The Kier molecular flexibility index (Phi) is 7.06. The summed E-state index contributed by atoms with van der Waals surface area (Å²) in [4.78, 5) is 0. The molecule has 2 nitrogen and oxygen atoms in total. The Labute approximate surface area is 101 Å². The normalized spacial score (nSPS) is 27.9. The Bertz CT molecular complexity index is 172. The van der Waals surface area contributed by atoms with Gasteiger partial charge in [-0.3, -0.25) is 0 Å². The molecule has 1 fully saturated rings. The molecule has 0 aromatic carbocycles. The smallest absolute Gasteiger partial charge is 0.0753 e. The lowest BCUT2D eigenvalue weighted by molar-refractivity contribution is -0.0384. The highest BCUT2D eigenvalue weighted by molar-refractivity contribution is 4.82. The van der Waals surface area contributed by atoms with E-state index in [4.69, 9.17) is 4.74 Å². The maximum Gasteiger partial charge on any atom is 0.0753 e. The van der Waals surface area contributed by atoms with Crippen LogP contribution < -0.4 is 5.32 Å². The van der Waals surface area contributed by atoms with E-state index in [1.807, 2.05) is 0 Å². The van der Waals surface area contributed by atoms with Crippen molar-refractivity contribution in [2.75, 3.05) is 13.2 Å². The summed E-state index contributed by atoms with van der Waals surface area (Å²) in [5.74, 6) is 0.750. The Morgan fingerprint density at radius 3 is 2.69 bits per heavy atom. The van der Waals surface area contributed by atoms with Crippen LogP contribution in [0, 0.1) is 5.92 Å². The fraction of sp³-hybridized carbons (Fsp3) is 1.00. The van der Waals surface area contributed by atoms with Crippen molar-refractivity contribution < 1.29 is 4.74 Å². The zero-order valence-electron chi connectivity index (χ0n) is 11.3. The predicted molar refractivity (Wildman–Crippen MR) is 69.7 cm³/mol. The highest BCUT2D eigenvalue weighted by atomic mass is 16.5. The third-order valence-corrected chi connectivity index (χ3v) is 3.79. The molecular weight excluding hydrogens is 198 g/mol. The zero-order valence-corrected chi connectivity index (χ0v) is 11.3. The van der Waals surface area contributed by atoms with Crippen LogP contribution in [0.25, 0.3) is 0 Å². The molecule has 0 aliphatic carbocycles. The van der Waals surface area contributed by atoms with E-state index >= 15 is 0 Å². The number of unbranched alkanes of at least 4 members (excludes halogenated alkanes) is 3. The average molecular weight is 227 g/mol. The van der Waals surface area contributed by atoms with Gasteiger partial charge in [0, 0.05) is 12.6 Å². The number of ether oxygens (including phenoxy) is 1. The monoisotopic (exact) mass is 227 g/mol. The molecule has 1 rings (SSSR count). The van der Waals surface area contributed by atoms with Gasteiger partial charge in [-0.1, -0.05) is 46.0 Å². The van der Waals surface area contributed by atoms with Gasteiger partial charge in [-0.15, -0.1) is 0 Å². The second-order valence-corrected chi connectivity index (χ2v) is 5.10. The van der Waals surface area contributed by atoms with E-state index in [0.29, 0.717) is 12.1 Å². The van der Waals surface area contributed by atoms with Crippen molar-refractivity contribution in [1.29, 1.82) is 0 Å². The van der Waals surface area contributed by atoms with Crippen LogP contribution in [-0.2, 0) is 4.74 Å². The maximum absolute atomic E-state index is 5.94. The van der Waals surface area contributed by atoms with Crippen molar-refractivity contribution in [2.24, 2.45) is 5.92 Å². The van der Waals surface area contributed by atoms with Crippen molar-refractivity contribution in [3.63, 3.8) is 0 Å². The molecule has 1 saturated heterocycles. The molecule has 0 saturated carbocycles. The molecule has 96 valence electrons. The van der Waals surface area contributed by atoms with Gasteiger partial charge in [-0.25, -0.2) is 0 Å². The van der Waals surface area contributed by atoms with Crippen LogP contribution in [0.15, 0.2) is 0 Å². The number of nitrogens with one attached hydrogen (secondary N) is 1. The van der Waals surface area contributed by atoms with Crippen LogP contribution in [0.4, 0.5) is 0 Å². The second kappa shape index (κ2) is 8.08. The molecule has 2 heteroatoms. The van der Waals surface area contributed by atoms with Gasteiger partial charge < -0.3 is 10.1 Å². The molecule has 1 heterocycles. The Morgan fingerprint density at radius 1 is 1.25 bits per heavy atom. The highest BCUT2D eigenvalue weighted by Gasteiger charge is 2.28. The summed E-state index contributed by atoms with van der Waals surface area (Å²) in [6, 6.07) is 0.532. The summed E-state index contributed by atoms with van der Waals surface area (Å²) in [5, 5.41) is 3.52. The molecule has 1 aliphatic heterocycles. The summed E-state index contributed by atoms with van der Waals surface area (Å²) in [5.41, 5.74) is 0. The van der Waals surface area contributed by atoms with Crippen molar-refractivity contribution in [3.8, 4) is 0 Å². The summed E-state index contributed by atoms with van der Waals surface area (Å²) < 4.78 is 5.94. The topological polar surface area (TPSA) is 21.3 Å². The van der Waals surface area contributed by atoms with Crippen molar-refractivity contribution >= 4 is 0 Å². The van der Waals surface area contributed by atoms with Gasteiger partial charge in [0.15, 0.2) is 0 Å². The van der Waals surface area contributed by atoms with Gasteiger partial charge in [0.05, 0.1) is 12.7 Å². The van der Waals surface area contributed by atoms with Crippen molar-refractivity contribution in [2.45, 2.75) is 71.4 Å². The number of rotatable bonds is 7. The molecule has 16 heavy (non-hydrogen) atoms. The fourth-order valence-electron chi connectivity index (χ4n) is 2.72. The van der Waals surface area contributed by atoms with Gasteiger partial charge in [0.25, 0.3) is 0 Å². The van der Waals surface area contributed by atoms with E-state index in [-0.39, 0.29) is 0 Å². The minimum Gasteiger partial charge on any atom is -0.375 e. The Hall–Kier alpha value is -0.0800. The summed E-state index contributed by atoms with van der Waals surface area (Å²) in [7, 11) is 0. The summed E-state index contributed by atoms with van der Waals surface area (Å²) >= 11 is 0. The van der Waals surface area contributed by atoms with Gasteiger partial charge in [-0.05, 0) is 19.3 Å². The highest BCUT2D eigenvalue weighted by Crippen LogP contribution is 2.24. The first-order valence-corrected chi connectivity index (χ1v) is 7.14. The quantitative estimate of drug-likeness (QED) is 0.673. The van der Waals surface area contributed by atoms with E-state index in [1.165, 1.54) is 38.5 Å². The number of hydrogen-bond donors (Lipinski definition) is 1. The van der Waals surface area contributed by atoms with Gasteiger partial charge in [0.2, 0.25) is 0 Å². The van der Waals surface area contributed by atoms with E-state index in [0.717, 1.165) is 19.1 Å². The molecule has 0 spiro atoms. The minimum atomic E-state index is 0.445. The lowest BCUT2D eigenvalue weighted by Gasteiger charge is -2.35. The van der Waals surface area contributed by atoms with Crippen LogP contribution >= 0.6 is 0 Å². The van der Waals surface area contributed by atoms with Crippen LogP contribution in [0.3, 0.4) is 0 Å². The predicted octanol–water partition coefficient (Wildman–Crippen LogP) is 3.36. The lowest BCUT2D eigenvalue weighted by atomic mass is 9.88. The lowest BCUT2D eigenvalue weighted by Crippen LogP contribution is -2.49. The molecule has 0 bridgehead atoms. The minimum absolute atomic E-state index is 0.445. The number of hydrogen-bond acceptors (Lipinski definition) is 2. The zero-order chi connectivity index (χ0) is 11.8. The second-order valence-electron chi connectivity index (χ2n) is 5.10. The molecule has 1 aliphatic rings. The summed E-state index contributed by atoms with van der Waals surface area (Å²) in [6.07, 6.45) is 8.52. The average Bonchev–Trinajstić information content (AvgIpc) is 2.31. The van der Waals surface area contributed by atoms with Gasteiger partial charge in [-0.2, -0.15) is 0 Å². The Balaban J connectivity index is 2.28. The third-order valence-electron chi connectivity index (χ3n) is 3.79. The van der Waals surface area contributed by atoms with E-state index in [1.54, 1.807) is 0 Å². The molecular formula is C14H29NO. The Morgan fingerprint density at radius 2 is 2.06 bits per heavy atom. The molecule has 0 radical (unpaired) electrons. The first-order valence-electron chi connectivity index (χ1n) is 7.14. The number of morpholine rings is 1. The maximum atomic E-state index is 5.94. The van der Waals surface area contributed by atoms with Crippen LogP contribution in [0.5, 0.6) is 0 Å². The van der Waals surface area contributed by atoms with Crippen LogP contribution in [-0.4, -0.2) is 25.3 Å². The molecule has 1 N–H and O–H groups in total.